The van der Waals surface area contributed by atoms with Crippen molar-refractivity contribution in [1.29, 1.82) is 0 Å². The molecule has 1 aliphatic rings. The molecule has 0 N–H and O–H groups in total. The average molecular weight is 418 g/mol. The smallest absolute Gasteiger partial charge is 0.228 e. The Morgan fingerprint density at radius 2 is 2.04 bits per heavy atom. The van der Waals surface area contributed by atoms with Crippen LogP contribution in [0.15, 0.2) is 46.3 Å². The fraction of sp³-hybridized carbons (Fsp3) is 0.450. The molecule has 0 bridgehead atoms. The number of thioether (sulfide) groups is 1. The van der Waals surface area contributed by atoms with Crippen LogP contribution < -0.4 is 4.90 Å². The zero-order valence-corrected chi connectivity index (χ0v) is 17.7. The minimum atomic E-state index is 0.507. The predicted molar refractivity (Wildman–Crippen MR) is 112 cm³/mol. The zero-order chi connectivity index (χ0) is 19.5. The van der Waals surface area contributed by atoms with E-state index in [-0.39, 0.29) is 0 Å². The van der Waals surface area contributed by atoms with Crippen molar-refractivity contribution in [3.8, 4) is 0 Å². The van der Waals surface area contributed by atoms with E-state index < -0.39 is 0 Å². The lowest BCUT2D eigenvalue weighted by atomic mass is 9.92. The number of piperidine rings is 1. The van der Waals surface area contributed by atoms with Crippen molar-refractivity contribution in [2.24, 2.45) is 11.8 Å². The second kappa shape index (κ2) is 8.57. The number of pyridine rings is 1. The van der Waals surface area contributed by atoms with Crippen molar-refractivity contribution < 1.29 is 4.42 Å². The van der Waals surface area contributed by atoms with Crippen molar-refractivity contribution in [2.75, 3.05) is 18.0 Å². The standard InChI is InChI=1S/C20H24ClN5OS/c1-14-8-15(2)11-25(10-14)19-23-24-20(26(19)12-17-4-3-7-27-17)28-13-16-5-6-22-18(21)9-16/h3-7,9,14-15H,8,10-13H2,1-2H3. The molecule has 4 heterocycles. The molecular weight excluding hydrogens is 394 g/mol. The highest BCUT2D eigenvalue weighted by molar-refractivity contribution is 7.98. The van der Waals surface area contributed by atoms with E-state index >= 15 is 0 Å². The molecule has 0 spiro atoms. The van der Waals surface area contributed by atoms with E-state index in [1.165, 1.54) is 6.42 Å². The monoisotopic (exact) mass is 417 g/mol. The first-order valence-electron chi connectivity index (χ1n) is 9.52. The second-order valence-electron chi connectivity index (χ2n) is 7.57. The number of halogens is 1. The normalized spacial score (nSPS) is 19.9. The van der Waals surface area contributed by atoms with Gasteiger partial charge in [0.15, 0.2) is 5.16 Å². The van der Waals surface area contributed by atoms with Crippen molar-refractivity contribution in [3.63, 3.8) is 0 Å². The maximum Gasteiger partial charge on any atom is 0.228 e. The van der Waals surface area contributed by atoms with Gasteiger partial charge in [0.2, 0.25) is 5.95 Å². The van der Waals surface area contributed by atoms with Gasteiger partial charge in [-0.15, -0.1) is 10.2 Å². The zero-order valence-electron chi connectivity index (χ0n) is 16.1. The van der Waals surface area contributed by atoms with E-state index in [1.807, 2.05) is 24.3 Å². The fourth-order valence-corrected chi connectivity index (χ4v) is 4.90. The van der Waals surface area contributed by atoms with Crippen LogP contribution in [0.1, 0.15) is 31.6 Å². The summed E-state index contributed by atoms with van der Waals surface area (Å²) in [5, 5.41) is 10.4. The molecule has 148 valence electrons. The van der Waals surface area contributed by atoms with Crippen LogP contribution in [0.25, 0.3) is 0 Å². The number of aromatic nitrogens is 4. The first-order chi connectivity index (χ1) is 13.6. The second-order valence-corrected chi connectivity index (χ2v) is 8.90. The van der Waals surface area contributed by atoms with Crippen LogP contribution in [-0.2, 0) is 12.3 Å². The van der Waals surface area contributed by atoms with Crippen LogP contribution >= 0.6 is 23.4 Å². The summed E-state index contributed by atoms with van der Waals surface area (Å²) in [6, 6.07) is 7.76. The number of hydrogen-bond donors (Lipinski definition) is 0. The number of nitrogens with zero attached hydrogens (tertiary/aromatic N) is 5. The van der Waals surface area contributed by atoms with Crippen molar-refractivity contribution in [2.45, 2.75) is 37.7 Å². The van der Waals surface area contributed by atoms with E-state index in [2.05, 4.69) is 38.5 Å². The van der Waals surface area contributed by atoms with E-state index in [1.54, 1.807) is 24.2 Å². The summed E-state index contributed by atoms with van der Waals surface area (Å²) < 4.78 is 7.76. The Kier molecular flexibility index (Phi) is 5.92. The molecule has 6 nitrogen and oxygen atoms in total. The molecule has 8 heteroatoms. The van der Waals surface area contributed by atoms with Gasteiger partial charge in [0.05, 0.1) is 12.8 Å². The molecule has 28 heavy (non-hydrogen) atoms. The molecule has 0 amide bonds. The summed E-state index contributed by atoms with van der Waals surface area (Å²) >= 11 is 7.66. The molecule has 4 rings (SSSR count). The largest absolute Gasteiger partial charge is 0.467 e. The average Bonchev–Trinajstić information content (AvgIpc) is 3.30. The highest BCUT2D eigenvalue weighted by Crippen LogP contribution is 2.30. The van der Waals surface area contributed by atoms with E-state index in [9.17, 15) is 0 Å². The lowest BCUT2D eigenvalue weighted by molar-refractivity contribution is 0.350. The predicted octanol–water partition coefficient (Wildman–Crippen LogP) is 4.74. The molecule has 0 aliphatic carbocycles. The van der Waals surface area contributed by atoms with Gasteiger partial charge in [0, 0.05) is 25.0 Å². The van der Waals surface area contributed by atoms with Crippen molar-refractivity contribution in [3.05, 3.63) is 53.2 Å². The summed E-state index contributed by atoms with van der Waals surface area (Å²) in [5.74, 6) is 3.86. The van der Waals surface area contributed by atoms with Crippen molar-refractivity contribution >= 4 is 29.3 Å². The Labute approximate surface area is 174 Å². The van der Waals surface area contributed by atoms with Gasteiger partial charge in [-0.05, 0) is 48.1 Å². The molecule has 2 unspecified atom stereocenters. The van der Waals surface area contributed by atoms with Gasteiger partial charge in [-0.1, -0.05) is 37.2 Å². The van der Waals surface area contributed by atoms with Gasteiger partial charge in [0.1, 0.15) is 10.9 Å². The first-order valence-corrected chi connectivity index (χ1v) is 10.9. The third-order valence-corrected chi connectivity index (χ3v) is 6.15. The molecule has 1 fully saturated rings. The van der Waals surface area contributed by atoms with Gasteiger partial charge in [0.25, 0.3) is 0 Å². The minimum absolute atomic E-state index is 0.507. The molecule has 0 radical (unpaired) electrons. The van der Waals surface area contributed by atoms with Crippen LogP contribution in [0.5, 0.6) is 0 Å². The number of furan rings is 1. The van der Waals surface area contributed by atoms with Crippen LogP contribution in [0.2, 0.25) is 5.15 Å². The van der Waals surface area contributed by atoms with Gasteiger partial charge < -0.3 is 9.32 Å². The molecule has 0 saturated carbocycles. The first kappa shape index (κ1) is 19.3. The van der Waals surface area contributed by atoms with Crippen LogP contribution in [-0.4, -0.2) is 32.8 Å². The topological polar surface area (TPSA) is 60.0 Å². The third-order valence-electron chi connectivity index (χ3n) is 4.90. The number of hydrogen-bond acceptors (Lipinski definition) is 6. The van der Waals surface area contributed by atoms with E-state index in [0.29, 0.717) is 23.5 Å². The minimum Gasteiger partial charge on any atom is -0.467 e. The fourth-order valence-electron chi connectivity index (χ4n) is 3.82. The highest BCUT2D eigenvalue weighted by Gasteiger charge is 2.27. The molecule has 1 saturated heterocycles. The summed E-state index contributed by atoms with van der Waals surface area (Å²) in [6.45, 7) is 7.24. The Bertz CT molecular complexity index is 903. The van der Waals surface area contributed by atoms with Crippen LogP contribution in [0.3, 0.4) is 0 Å². The molecule has 3 aromatic heterocycles. The van der Waals surface area contributed by atoms with Crippen molar-refractivity contribution in [1.82, 2.24) is 19.7 Å². The van der Waals surface area contributed by atoms with Gasteiger partial charge in [-0.3, -0.25) is 4.57 Å². The molecule has 3 aromatic rings. The highest BCUT2D eigenvalue weighted by atomic mass is 35.5. The SMILES string of the molecule is CC1CC(C)CN(c2nnc(SCc3ccnc(Cl)c3)n2Cc2ccco2)C1. The number of anilines is 1. The third kappa shape index (κ3) is 4.52. The lowest BCUT2D eigenvalue weighted by Crippen LogP contribution is -2.40. The maximum atomic E-state index is 6.01. The van der Waals surface area contributed by atoms with Gasteiger partial charge in [-0.2, -0.15) is 0 Å². The molecule has 2 atom stereocenters. The summed E-state index contributed by atoms with van der Waals surface area (Å²) in [4.78, 5) is 6.41. The molecule has 0 aromatic carbocycles. The Hall–Kier alpha value is -1.99. The van der Waals surface area contributed by atoms with Gasteiger partial charge in [-0.25, -0.2) is 4.98 Å². The lowest BCUT2D eigenvalue weighted by Gasteiger charge is -2.35. The summed E-state index contributed by atoms with van der Waals surface area (Å²) in [6.07, 6.45) is 4.69. The van der Waals surface area contributed by atoms with E-state index in [4.69, 9.17) is 16.0 Å². The Balaban J connectivity index is 1.59. The quantitative estimate of drug-likeness (QED) is 0.426. The Morgan fingerprint density at radius 1 is 1.21 bits per heavy atom. The molecular formula is C20H24ClN5OS. The maximum absolute atomic E-state index is 6.01. The van der Waals surface area contributed by atoms with Crippen LogP contribution in [0, 0.1) is 11.8 Å². The Morgan fingerprint density at radius 3 is 2.75 bits per heavy atom. The summed E-state index contributed by atoms with van der Waals surface area (Å²) in [5.41, 5.74) is 1.11. The van der Waals surface area contributed by atoms with Gasteiger partial charge >= 0.3 is 0 Å². The van der Waals surface area contributed by atoms with Crippen LogP contribution in [0.4, 0.5) is 5.95 Å². The number of rotatable bonds is 6. The summed E-state index contributed by atoms with van der Waals surface area (Å²) in [7, 11) is 0. The molecule has 1 aliphatic heterocycles. The van der Waals surface area contributed by atoms with E-state index in [0.717, 1.165) is 41.3 Å².